The largest absolute Gasteiger partial charge is 0.351 e. The number of hydrogen-bond acceptors (Lipinski definition) is 2. The number of para-hydroxylation sites is 3. The van der Waals surface area contributed by atoms with E-state index >= 15 is 0 Å². The highest BCUT2D eigenvalue weighted by atomic mass is 16.1. The first-order chi connectivity index (χ1) is 14.2. The zero-order valence-corrected chi connectivity index (χ0v) is 15.8. The molecule has 3 aromatic carbocycles. The minimum atomic E-state index is -0.143. The molecule has 3 N–H and O–H groups in total. The maximum atomic E-state index is 12.6. The van der Waals surface area contributed by atoms with Crippen LogP contribution in [0.25, 0.3) is 21.9 Å². The highest BCUT2D eigenvalue weighted by Crippen LogP contribution is 2.18. The number of fused-ring (bicyclic) bond motifs is 2. The van der Waals surface area contributed by atoms with E-state index in [1.165, 1.54) is 0 Å². The Bertz CT molecular complexity index is 1250. The van der Waals surface area contributed by atoms with Crippen molar-refractivity contribution < 1.29 is 4.79 Å². The zero-order chi connectivity index (χ0) is 19.6. The van der Waals surface area contributed by atoms with Crippen LogP contribution in [-0.4, -0.2) is 20.9 Å². The topological polar surface area (TPSA) is 73.6 Å². The fourth-order valence-corrected chi connectivity index (χ4v) is 3.59. The van der Waals surface area contributed by atoms with Crippen LogP contribution in [0.5, 0.6) is 0 Å². The number of benzene rings is 3. The molecule has 0 saturated carbocycles. The molecule has 0 aliphatic rings. The van der Waals surface area contributed by atoms with Gasteiger partial charge in [-0.05, 0) is 48.4 Å². The predicted octanol–water partition coefficient (Wildman–Crippen LogP) is 5.08. The third-order valence-corrected chi connectivity index (χ3v) is 5.05. The Hall–Kier alpha value is -3.86. The van der Waals surface area contributed by atoms with E-state index in [1.807, 2.05) is 72.8 Å². The van der Waals surface area contributed by atoms with Gasteiger partial charge in [-0.1, -0.05) is 42.5 Å². The average molecular weight is 380 g/mol. The van der Waals surface area contributed by atoms with Crippen molar-refractivity contribution in [3.8, 4) is 0 Å². The first-order valence-corrected chi connectivity index (χ1v) is 9.66. The van der Waals surface area contributed by atoms with Gasteiger partial charge in [-0.2, -0.15) is 0 Å². The summed E-state index contributed by atoms with van der Waals surface area (Å²) in [5.74, 6) is 0.828. The second-order valence-electron chi connectivity index (χ2n) is 7.13. The molecular weight excluding hydrogens is 360 g/mol. The Labute approximate surface area is 167 Å². The number of hydrogen-bond donors (Lipinski definition) is 3. The number of nitrogens with zero attached hydrogens (tertiary/aromatic N) is 1. The molecule has 5 aromatic rings. The van der Waals surface area contributed by atoms with Crippen molar-refractivity contribution in [1.29, 1.82) is 0 Å². The molecule has 5 heteroatoms. The number of carbonyl (C=O) groups excluding carboxylic acids is 1. The predicted molar refractivity (Wildman–Crippen MR) is 116 cm³/mol. The third-order valence-electron chi connectivity index (χ3n) is 5.05. The number of nitrogens with one attached hydrogen (secondary N) is 3. The summed E-state index contributed by atoms with van der Waals surface area (Å²) in [5.41, 5.74) is 5.50. The lowest BCUT2D eigenvalue weighted by atomic mass is 10.1. The number of aryl methyl sites for hydroxylation is 2. The molecule has 142 valence electrons. The Morgan fingerprint density at radius 3 is 2.52 bits per heavy atom. The summed E-state index contributed by atoms with van der Waals surface area (Å²) in [6.07, 6.45) is 1.66. The highest BCUT2D eigenvalue weighted by Gasteiger charge is 2.10. The van der Waals surface area contributed by atoms with Crippen molar-refractivity contribution >= 4 is 33.5 Å². The van der Waals surface area contributed by atoms with Crippen molar-refractivity contribution in [2.75, 3.05) is 5.32 Å². The second-order valence-corrected chi connectivity index (χ2v) is 7.13. The van der Waals surface area contributed by atoms with Gasteiger partial charge in [-0.15, -0.1) is 0 Å². The van der Waals surface area contributed by atoms with Crippen molar-refractivity contribution in [1.82, 2.24) is 15.0 Å². The molecule has 0 spiro atoms. The van der Waals surface area contributed by atoms with Crippen LogP contribution in [0.15, 0.2) is 78.9 Å². The second kappa shape index (κ2) is 7.28. The van der Waals surface area contributed by atoms with Gasteiger partial charge in [0.05, 0.1) is 11.0 Å². The van der Waals surface area contributed by atoms with Crippen molar-refractivity contribution in [2.24, 2.45) is 0 Å². The van der Waals surface area contributed by atoms with Crippen LogP contribution in [0, 0.1) is 0 Å². The van der Waals surface area contributed by atoms with E-state index in [0.29, 0.717) is 5.69 Å². The molecule has 0 aliphatic carbocycles. The quantitative estimate of drug-likeness (QED) is 0.398. The van der Waals surface area contributed by atoms with Crippen LogP contribution >= 0.6 is 0 Å². The van der Waals surface area contributed by atoms with Crippen LogP contribution < -0.4 is 5.32 Å². The van der Waals surface area contributed by atoms with E-state index in [1.54, 1.807) is 0 Å². The van der Waals surface area contributed by atoms with Crippen molar-refractivity contribution in [3.05, 3.63) is 95.9 Å². The number of H-pyrrole nitrogens is 2. The molecule has 2 heterocycles. The number of aromatic amines is 2. The molecule has 0 saturated heterocycles. The highest BCUT2D eigenvalue weighted by molar-refractivity contribution is 6.05. The molecule has 0 fully saturated rings. The van der Waals surface area contributed by atoms with Crippen LogP contribution in [0.2, 0.25) is 0 Å². The van der Waals surface area contributed by atoms with E-state index in [4.69, 9.17) is 0 Å². The van der Waals surface area contributed by atoms with Gasteiger partial charge in [-0.25, -0.2) is 4.98 Å². The molecule has 0 bridgehead atoms. The lowest BCUT2D eigenvalue weighted by Crippen LogP contribution is -2.12. The summed E-state index contributed by atoms with van der Waals surface area (Å²) in [6, 6.07) is 25.7. The van der Waals surface area contributed by atoms with E-state index in [9.17, 15) is 4.79 Å². The summed E-state index contributed by atoms with van der Waals surface area (Å²) < 4.78 is 0. The van der Waals surface area contributed by atoms with Crippen molar-refractivity contribution in [3.63, 3.8) is 0 Å². The first kappa shape index (κ1) is 17.3. The molecular formula is C24H20N4O. The fourth-order valence-electron chi connectivity index (χ4n) is 3.59. The van der Waals surface area contributed by atoms with Gasteiger partial charge in [0.2, 0.25) is 0 Å². The monoisotopic (exact) mass is 380 g/mol. The molecule has 29 heavy (non-hydrogen) atoms. The Morgan fingerprint density at radius 2 is 1.66 bits per heavy atom. The van der Waals surface area contributed by atoms with E-state index in [0.717, 1.165) is 51.9 Å². The van der Waals surface area contributed by atoms with Gasteiger partial charge in [-0.3, -0.25) is 4.79 Å². The number of imidazole rings is 1. The minimum absolute atomic E-state index is 0.143. The maximum absolute atomic E-state index is 12.6. The summed E-state index contributed by atoms with van der Waals surface area (Å²) in [7, 11) is 0. The molecule has 2 aromatic heterocycles. The number of rotatable bonds is 5. The summed E-state index contributed by atoms with van der Waals surface area (Å²) in [5, 5.41) is 4.01. The fraction of sp³-hybridized carbons (Fsp3) is 0.0833. The van der Waals surface area contributed by atoms with Gasteiger partial charge < -0.3 is 15.3 Å². The van der Waals surface area contributed by atoms with Gasteiger partial charge in [0.1, 0.15) is 11.5 Å². The van der Waals surface area contributed by atoms with Gasteiger partial charge in [0.15, 0.2) is 0 Å². The number of carbonyl (C=O) groups is 1. The van der Waals surface area contributed by atoms with Gasteiger partial charge in [0, 0.05) is 23.0 Å². The lowest BCUT2D eigenvalue weighted by Gasteiger charge is -2.06. The minimum Gasteiger partial charge on any atom is -0.351 e. The normalized spacial score (nSPS) is 11.2. The van der Waals surface area contributed by atoms with E-state index < -0.39 is 0 Å². The Kier molecular flexibility index (Phi) is 4.33. The standard InChI is InChI=1S/C24H20N4O/c29-24(22-15-17-7-1-2-9-19(17)26-22)25-18-8-5-6-16(14-18)12-13-23-27-20-10-3-4-11-21(20)28-23/h1-11,14-15,26H,12-13H2,(H,25,29)(H,27,28). The Morgan fingerprint density at radius 1 is 0.828 bits per heavy atom. The molecule has 0 atom stereocenters. The molecule has 0 aliphatic heterocycles. The molecule has 5 rings (SSSR count). The summed E-state index contributed by atoms with van der Waals surface area (Å²) >= 11 is 0. The van der Waals surface area contributed by atoms with E-state index in [-0.39, 0.29) is 5.91 Å². The maximum Gasteiger partial charge on any atom is 0.272 e. The SMILES string of the molecule is O=C(Nc1cccc(CCc2nc3ccccc3[nH]2)c1)c1cc2ccccc2[nH]1. The van der Waals surface area contributed by atoms with Crippen LogP contribution in [0.4, 0.5) is 5.69 Å². The molecule has 5 nitrogen and oxygen atoms in total. The van der Waals surface area contributed by atoms with Crippen LogP contribution in [0.3, 0.4) is 0 Å². The number of aromatic nitrogens is 3. The first-order valence-electron chi connectivity index (χ1n) is 9.66. The third kappa shape index (κ3) is 3.62. The smallest absolute Gasteiger partial charge is 0.272 e. The molecule has 0 unspecified atom stereocenters. The summed E-state index contributed by atoms with van der Waals surface area (Å²) in [4.78, 5) is 23.8. The van der Waals surface area contributed by atoms with Gasteiger partial charge in [0.25, 0.3) is 5.91 Å². The number of amides is 1. The van der Waals surface area contributed by atoms with E-state index in [2.05, 4.69) is 26.3 Å². The lowest BCUT2D eigenvalue weighted by molar-refractivity contribution is 0.102. The van der Waals surface area contributed by atoms with Gasteiger partial charge >= 0.3 is 0 Å². The van der Waals surface area contributed by atoms with Crippen LogP contribution in [0.1, 0.15) is 21.9 Å². The molecule has 0 radical (unpaired) electrons. The average Bonchev–Trinajstić information content (AvgIpc) is 3.36. The van der Waals surface area contributed by atoms with Crippen LogP contribution in [-0.2, 0) is 12.8 Å². The summed E-state index contributed by atoms with van der Waals surface area (Å²) in [6.45, 7) is 0. The van der Waals surface area contributed by atoms with Crippen molar-refractivity contribution in [2.45, 2.75) is 12.8 Å². The number of anilines is 1. The Balaban J connectivity index is 1.28. The molecule has 1 amide bonds. The zero-order valence-electron chi connectivity index (χ0n) is 15.8.